The second kappa shape index (κ2) is 9.63. The van der Waals surface area contributed by atoms with Crippen LogP contribution >= 0.6 is 11.8 Å². The first kappa shape index (κ1) is 21.6. The predicted octanol–water partition coefficient (Wildman–Crippen LogP) is 5.23. The monoisotopic (exact) mass is 429 g/mol. The van der Waals surface area contributed by atoms with E-state index >= 15 is 4.39 Å². The Kier molecular flexibility index (Phi) is 6.95. The maximum atomic E-state index is 15.2. The lowest BCUT2D eigenvalue weighted by Gasteiger charge is -2.15. The van der Waals surface area contributed by atoms with Crippen LogP contribution in [0.4, 0.5) is 14.5 Å². The summed E-state index contributed by atoms with van der Waals surface area (Å²) < 4.78 is 39.2. The van der Waals surface area contributed by atoms with Gasteiger partial charge in [0.05, 0.1) is 25.5 Å². The number of thioether (sulfide) groups is 1. The maximum Gasteiger partial charge on any atom is 0.338 e. The molecule has 0 unspecified atom stereocenters. The number of nitrogens with two attached hydrogens (primary N) is 1. The number of methoxy groups -OCH3 is 2. The first-order valence-corrected chi connectivity index (χ1v) is 10.1. The van der Waals surface area contributed by atoms with Gasteiger partial charge in [-0.3, -0.25) is 0 Å². The minimum absolute atomic E-state index is 0.0123. The van der Waals surface area contributed by atoms with Crippen LogP contribution in [-0.2, 0) is 16.9 Å². The molecule has 3 rings (SSSR count). The number of carbonyl (C=O) groups excluding carboxylic acids is 1. The lowest BCUT2D eigenvalue weighted by atomic mass is 9.98. The number of hydrogen-bond acceptors (Lipinski definition) is 5. The third-order valence-corrected chi connectivity index (χ3v) is 5.78. The van der Waals surface area contributed by atoms with Gasteiger partial charge >= 0.3 is 5.97 Å². The van der Waals surface area contributed by atoms with Crippen molar-refractivity contribution in [2.45, 2.75) is 17.1 Å². The highest BCUT2D eigenvalue weighted by Crippen LogP contribution is 2.35. The number of rotatable bonds is 7. The van der Waals surface area contributed by atoms with E-state index in [1.54, 1.807) is 25.3 Å². The van der Waals surface area contributed by atoms with Gasteiger partial charge in [-0.15, -0.1) is 11.8 Å². The topological polar surface area (TPSA) is 61.5 Å². The summed E-state index contributed by atoms with van der Waals surface area (Å²) in [6.45, 7) is 0. The summed E-state index contributed by atoms with van der Waals surface area (Å²) in [4.78, 5) is 12.7. The van der Waals surface area contributed by atoms with Gasteiger partial charge in [0, 0.05) is 22.6 Å². The van der Waals surface area contributed by atoms with Gasteiger partial charge in [0.15, 0.2) is 5.82 Å². The van der Waals surface area contributed by atoms with E-state index in [9.17, 15) is 9.18 Å². The highest BCUT2D eigenvalue weighted by Gasteiger charge is 2.22. The number of carbonyl (C=O) groups is 1. The Morgan fingerprint density at radius 2 is 1.77 bits per heavy atom. The Morgan fingerprint density at radius 3 is 2.40 bits per heavy atom. The summed E-state index contributed by atoms with van der Waals surface area (Å²) in [5.41, 5.74) is 7.25. The normalized spacial score (nSPS) is 10.7. The van der Waals surface area contributed by atoms with Crippen LogP contribution in [0.1, 0.15) is 27.0 Å². The van der Waals surface area contributed by atoms with Crippen molar-refractivity contribution >= 4 is 23.4 Å². The molecule has 4 nitrogen and oxygen atoms in total. The van der Waals surface area contributed by atoms with E-state index in [0.717, 1.165) is 11.3 Å². The third-order valence-electron chi connectivity index (χ3n) is 4.65. The minimum atomic E-state index is -0.738. The highest BCUT2D eigenvalue weighted by molar-refractivity contribution is 7.98. The van der Waals surface area contributed by atoms with Gasteiger partial charge in [0.25, 0.3) is 0 Å². The molecule has 30 heavy (non-hydrogen) atoms. The summed E-state index contributed by atoms with van der Waals surface area (Å²) in [7, 11) is 2.80. The maximum absolute atomic E-state index is 15.2. The van der Waals surface area contributed by atoms with E-state index < -0.39 is 17.6 Å². The summed E-state index contributed by atoms with van der Waals surface area (Å²) in [5, 5.41) is 0. The van der Waals surface area contributed by atoms with Gasteiger partial charge in [-0.05, 0) is 35.4 Å². The number of halogens is 2. The SMILES string of the molecule is COC(=O)c1cc(SCc2ccc(OC)cc2)c(N)c(F)c1Cc1ccccc1F. The molecule has 0 heterocycles. The molecule has 3 aromatic rings. The summed E-state index contributed by atoms with van der Waals surface area (Å²) >= 11 is 1.30. The number of hydrogen-bond donors (Lipinski definition) is 1. The second-order valence-electron chi connectivity index (χ2n) is 6.52. The average Bonchev–Trinajstić information content (AvgIpc) is 2.77. The molecule has 0 aliphatic rings. The fourth-order valence-corrected chi connectivity index (χ4v) is 3.95. The molecule has 2 N–H and O–H groups in total. The molecule has 7 heteroatoms. The van der Waals surface area contributed by atoms with Crippen molar-refractivity contribution in [1.82, 2.24) is 0 Å². The molecule has 0 bridgehead atoms. The molecular formula is C23H21F2NO3S. The van der Waals surface area contributed by atoms with Gasteiger partial charge in [-0.2, -0.15) is 0 Å². The van der Waals surface area contributed by atoms with Crippen molar-refractivity contribution in [2.75, 3.05) is 20.0 Å². The van der Waals surface area contributed by atoms with Crippen molar-refractivity contribution in [3.63, 3.8) is 0 Å². The van der Waals surface area contributed by atoms with E-state index in [-0.39, 0.29) is 28.8 Å². The van der Waals surface area contributed by atoms with E-state index in [1.165, 1.54) is 31.0 Å². The molecule has 0 aromatic heterocycles. The van der Waals surface area contributed by atoms with Crippen molar-refractivity contribution in [2.24, 2.45) is 0 Å². The molecule has 0 atom stereocenters. The van der Waals surface area contributed by atoms with Crippen molar-refractivity contribution in [1.29, 1.82) is 0 Å². The molecule has 3 aromatic carbocycles. The van der Waals surface area contributed by atoms with Gasteiger partial charge in [-0.1, -0.05) is 30.3 Å². The third kappa shape index (κ3) is 4.74. The Morgan fingerprint density at radius 1 is 1.07 bits per heavy atom. The molecule has 0 radical (unpaired) electrons. The van der Waals surface area contributed by atoms with Crippen LogP contribution in [0.25, 0.3) is 0 Å². The van der Waals surface area contributed by atoms with Crippen LogP contribution < -0.4 is 10.5 Å². The van der Waals surface area contributed by atoms with Gasteiger partial charge in [0.2, 0.25) is 0 Å². The van der Waals surface area contributed by atoms with E-state index in [4.69, 9.17) is 15.2 Å². The fourth-order valence-electron chi connectivity index (χ4n) is 2.98. The zero-order chi connectivity index (χ0) is 21.7. The number of anilines is 1. The Labute approximate surface area is 178 Å². The summed E-state index contributed by atoms with van der Waals surface area (Å²) in [6, 6.07) is 15.0. The Bertz CT molecular complexity index is 1060. The zero-order valence-electron chi connectivity index (χ0n) is 16.6. The van der Waals surface area contributed by atoms with Crippen LogP contribution in [0.3, 0.4) is 0 Å². The van der Waals surface area contributed by atoms with Crippen LogP contribution in [0, 0.1) is 11.6 Å². The lowest BCUT2D eigenvalue weighted by molar-refractivity contribution is 0.0598. The highest BCUT2D eigenvalue weighted by atomic mass is 32.2. The van der Waals surface area contributed by atoms with Gasteiger partial charge < -0.3 is 15.2 Å². The standard InChI is InChI=1S/C23H21F2NO3S/c1-28-16-9-7-14(8-10-16)13-30-20-12-18(23(27)29-2)17(21(25)22(20)26)11-15-5-3-4-6-19(15)24/h3-10,12H,11,13,26H2,1-2H3. The number of esters is 1. The van der Waals surface area contributed by atoms with Crippen molar-refractivity contribution in [3.8, 4) is 5.75 Å². The largest absolute Gasteiger partial charge is 0.497 e. The zero-order valence-corrected chi connectivity index (χ0v) is 17.4. The van der Waals surface area contributed by atoms with Crippen molar-refractivity contribution in [3.05, 3.63) is 88.5 Å². The first-order chi connectivity index (χ1) is 14.4. The van der Waals surface area contributed by atoms with Crippen LogP contribution in [0.15, 0.2) is 59.5 Å². The number of benzene rings is 3. The van der Waals surface area contributed by atoms with E-state index in [1.807, 2.05) is 24.3 Å². The molecule has 0 saturated carbocycles. The smallest absolute Gasteiger partial charge is 0.338 e. The molecule has 0 aliphatic carbocycles. The first-order valence-electron chi connectivity index (χ1n) is 9.13. The molecule has 0 fully saturated rings. The lowest BCUT2D eigenvalue weighted by Crippen LogP contribution is -2.12. The van der Waals surface area contributed by atoms with E-state index in [0.29, 0.717) is 10.6 Å². The molecule has 0 aliphatic heterocycles. The number of ether oxygens (including phenoxy) is 2. The van der Waals surface area contributed by atoms with Crippen LogP contribution in [-0.4, -0.2) is 20.2 Å². The summed E-state index contributed by atoms with van der Waals surface area (Å²) in [6.07, 6.45) is -0.115. The van der Waals surface area contributed by atoms with Crippen molar-refractivity contribution < 1.29 is 23.0 Å². The molecule has 0 amide bonds. The van der Waals surface area contributed by atoms with Crippen LogP contribution in [0.5, 0.6) is 5.75 Å². The minimum Gasteiger partial charge on any atom is -0.497 e. The molecule has 0 saturated heterocycles. The fraction of sp³-hybridized carbons (Fsp3) is 0.174. The van der Waals surface area contributed by atoms with Crippen LogP contribution in [0.2, 0.25) is 0 Å². The Balaban J connectivity index is 1.94. The molecular weight excluding hydrogens is 408 g/mol. The molecule has 0 spiro atoms. The predicted molar refractivity (Wildman–Crippen MR) is 114 cm³/mol. The van der Waals surface area contributed by atoms with E-state index in [2.05, 4.69) is 0 Å². The molecule has 156 valence electrons. The number of nitrogen functional groups attached to an aromatic ring is 1. The van der Waals surface area contributed by atoms with Gasteiger partial charge in [0.1, 0.15) is 11.6 Å². The van der Waals surface area contributed by atoms with Gasteiger partial charge in [-0.25, -0.2) is 13.6 Å². The Hall–Kier alpha value is -3.06. The quantitative estimate of drug-likeness (QED) is 0.317. The second-order valence-corrected chi connectivity index (χ2v) is 7.54. The average molecular weight is 429 g/mol. The summed E-state index contributed by atoms with van der Waals surface area (Å²) in [5.74, 6) is -0.671.